The van der Waals surface area contributed by atoms with Crippen LogP contribution < -0.4 is 10.6 Å². The Kier molecular flexibility index (Phi) is 5.20. The van der Waals surface area contributed by atoms with E-state index in [9.17, 15) is 22.8 Å². The summed E-state index contributed by atoms with van der Waals surface area (Å²) < 4.78 is 31.8. The van der Waals surface area contributed by atoms with Crippen LogP contribution in [0.3, 0.4) is 0 Å². The maximum atomic E-state index is 12.0. The van der Waals surface area contributed by atoms with Gasteiger partial charge in [-0.1, -0.05) is 30.3 Å². The lowest BCUT2D eigenvalue weighted by atomic mass is 9.98. The predicted octanol–water partition coefficient (Wildman–Crippen LogP) is -1.14. The Hall–Kier alpha value is -2.46. The molecular weight excluding hydrogens is 338 g/mol. The molecule has 2 rings (SSSR count). The Morgan fingerprint density at radius 2 is 1.88 bits per heavy atom. The van der Waals surface area contributed by atoms with Gasteiger partial charge in [-0.25, -0.2) is 4.31 Å². The van der Waals surface area contributed by atoms with Crippen LogP contribution in [-0.2, 0) is 31.1 Å². The van der Waals surface area contributed by atoms with E-state index in [1.54, 1.807) is 30.3 Å². The molecule has 0 aliphatic carbocycles. The third-order valence-electron chi connectivity index (χ3n) is 3.50. The second-order valence-corrected chi connectivity index (χ2v) is 6.61. The van der Waals surface area contributed by atoms with Crippen LogP contribution in [0.5, 0.6) is 0 Å². The van der Waals surface area contributed by atoms with Crippen LogP contribution in [0.25, 0.3) is 0 Å². The quantitative estimate of drug-likeness (QED) is 0.437. The van der Waals surface area contributed by atoms with E-state index in [4.69, 9.17) is 4.55 Å². The fraction of sp³-hybridized carbons (Fsp3) is 0.357. The van der Waals surface area contributed by atoms with E-state index in [0.29, 0.717) is 0 Å². The highest BCUT2D eigenvalue weighted by Crippen LogP contribution is 2.23. The Balaban J connectivity index is 2.05. The van der Waals surface area contributed by atoms with Gasteiger partial charge in [0.2, 0.25) is 11.8 Å². The summed E-state index contributed by atoms with van der Waals surface area (Å²) in [5, 5.41) is 4.80. The molecule has 0 spiro atoms. The minimum atomic E-state index is -4.76. The SMILES string of the molecule is CC(=O)NC[C@@H]1[C@H](NC(=O)Cc2ccccc2)C(=O)N1S(=O)(=O)O. The third kappa shape index (κ3) is 4.09. The van der Waals surface area contributed by atoms with Crippen LogP contribution in [0.15, 0.2) is 30.3 Å². The number of β-lactam (4-membered cyclic amide) rings is 1. The van der Waals surface area contributed by atoms with Crippen molar-refractivity contribution in [1.82, 2.24) is 14.9 Å². The zero-order chi connectivity index (χ0) is 17.9. The molecular formula is C14H17N3O6S. The van der Waals surface area contributed by atoms with Crippen LogP contribution in [0.1, 0.15) is 12.5 Å². The van der Waals surface area contributed by atoms with Crippen molar-refractivity contribution in [2.45, 2.75) is 25.4 Å². The summed E-state index contributed by atoms with van der Waals surface area (Å²) in [5.74, 6) is -1.85. The second kappa shape index (κ2) is 6.97. The molecule has 1 fully saturated rings. The van der Waals surface area contributed by atoms with Crippen molar-refractivity contribution in [3.8, 4) is 0 Å². The van der Waals surface area contributed by atoms with Gasteiger partial charge in [-0.2, -0.15) is 8.42 Å². The van der Waals surface area contributed by atoms with Gasteiger partial charge in [0, 0.05) is 13.5 Å². The number of nitrogens with one attached hydrogen (secondary N) is 2. The van der Waals surface area contributed by atoms with Crippen LogP contribution in [0.2, 0.25) is 0 Å². The molecule has 1 aromatic rings. The van der Waals surface area contributed by atoms with Crippen molar-refractivity contribution in [1.29, 1.82) is 0 Å². The maximum absolute atomic E-state index is 12.0. The molecule has 1 aliphatic heterocycles. The summed E-state index contributed by atoms with van der Waals surface area (Å²) in [4.78, 5) is 34.9. The van der Waals surface area contributed by atoms with E-state index in [1.807, 2.05) is 0 Å². The Morgan fingerprint density at radius 1 is 1.25 bits per heavy atom. The number of carbonyl (C=O) groups is 3. The number of hydrogen-bond donors (Lipinski definition) is 3. The summed E-state index contributed by atoms with van der Waals surface area (Å²) in [6.07, 6.45) is 0.0172. The summed E-state index contributed by atoms with van der Waals surface area (Å²) in [5.41, 5.74) is 0.729. The van der Waals surface area contributed by atoms with Gasteiger partial charge in [-0.05, 0) is 5.56 Å². The highest BCUT2D eigenvalue weighted by atomic mass is 32.2. The van der Waals surface area contributed by atoms with Gasteiger partial charge >= 0.3 is 10.3 Å². The van der Waals surface area contributed by atoms with E-state index in [-0.39, 0.29) is 17.3 Å². The lowest BCUT2D eigenvalue weighted by Crippen LogP contribution is -2.74. The minimum Gasteiger partial charge on any atom is -0.354 e. The van der Waals surface area contributed by atoms with Gasteiger partial charge in [0.05, 0.1) is 12.5 Å². The summed E-state index contributed by atoms with van der Waals surface area (Å²) in [6.45, 7) is 1.01. The highest BCUT2D eigenvalue weighted by molar-refractivity contribution is 7.84. The van der Waals surface area contributed by atoms with E-state index >= 15 is 0 Å². The Bertz CT molecular complexity index is 749. The largest absolute Gasteiger partial charge is 0.362 e. The predicted molar refractivity (Wildman–Crippen MR) is 82.9 cm³/mol. The molecule has 0 radical (unpaired) electrons. The van der Waals surface area contributed by atoms with Crippen LogP contribution in [0.4, 0.5) is 0 Å². The average molecular weight is 355 g/mol. The van der Waals surface area contributed by atoms with E-state index in [0.717, 1.165) is 5.56 Å². The van der Waals surface area contributed by atoms with E-state index in [2.05, 4.69) is 10.6 Å². The van der Waals surface area contributed by atoms with Gasteiger partial charge in [0.1, 0.15) is 6.04 Å². The first kappa shape index (κ1) is 17.9. The van der Waals surface area contributed by atoms with Crippen LogP contribution in [0, 0.1) is 0 Å². The number of rotatable bonds is 6. The molecule has 1 aromatic carbocycles. The second-order valence-electron chi connectivity index (χ2n) is 5.32. The average Bonchev–Trinajstić information content (AvgIpc) is 2.48. The lowest BCUT2D eigenvalue weighted by molar-refractivity contribution is -0.146. The summed E-state index contributed by atoms with van der Waals surface area (Å²) in [6, 6.07) is 6.59. The van der Waals surface area contributed by atoms with Gasteiger partial charge in [-0.3, -0.25) is 18.9 Å². The van der Waals surface area contributed by atoms with Crippen molar-refractivity contribution >= 4 is 28.0 Å². The topological polar surface area (TPSA) is 133 Å². The molecule has 1 saturated heterocycles. The minimum absolute atomic E-state index is 0.0172. The fourth-order valence-electron chi connectivity index (χ4n) is 2.42. The smallest absolute Gasteiger partial charge is 0.354 e. The van der Waals surface area contributed by atoms with Crippen molar-refractivity contribution in [2.75, 3.05) is 6.54 Å². The molecule has 3 N–H and O–H groups in total. The maximum Gasteiger partial charge on any atom is 0.362 e. The zero-order valence-corrected chi connectivity index (χ0v) is 13.6. The number of nitrogens with zero attached hydrogens (tertiary/aromatic N) is 1. The van der Waals surface area contributed by atoms with E-state index in [1.165, 1.54) is 6.92 Å². The van der Waals surface area contributed by atoms with E-state index < -0.39 is 40.1 Å². The Labute approximate surface area is 138 Å². The molecule has 0 aromatic heterocycles. The standard InChI is InChI=1S/C14H17N3O6S/c1-9(18)15-8-11-13(14(20)17(11)24(21,22)23)16-12(19)7-10-5-3-2-4-6-10/h2-6,11,13H,7-8H2,1H3,(H,15,18)(H,16,19)(H,21,22,23)/t11-,13+/m1/s1. The van der Waals surface area contributed by atoms with Gasteiger partial charge < -0.3 is 10.6 Å². The molecule has 130 valence electrons. The molecule has 9 nitrogen and oxygen atoms in total. The normalized spacial score (nSPS) is 20.2. The number of amides is 3. The third-order valence-corrected chi connectivity index (χ3v) is 4.45. The van der Waals surface area contributed by atoms with Gasteiger partial charge in [-0.15, -0.1) is 0 Å². The molecule has 10 heteroatoms. The van der Waals surface area contributed by atoms with Crippen LogP contribution >= 0.6 is 0 Å². The molecule has 0 bridgehead atoms. The first-order valence-corrected chi connectivity index (χ1v) is 8.48. The van der Waals surface area contributed by atoms with Gasteiger partial charge in [0.15, 0.2) is 0 Å². The summed E-state index contributed by atoms with van der Waals surface area (Å²) >= 11 is 0. The monoisotopic (exact) mass is 355 g/mol. The first-order chi connectivity index (χ1) is 11.2. The van der Waals surface area contributed by atoms with Crippen molar-refractivity contribution in [3.05, 3.63) is 35.9 Å². The van der Waals surface area contributed by atoms with Crippen molar-refractivity contribution in [2.24, 2.45) is 0 Å². The van der Waals surface area contributed by atoms with Crippen molar-refractivity contribution < 1.29 is 27.4 Å². The Morgan fingerprint density at radius 3 is 2.42 bits per heavy atom. The van der Waals surface area contributed by atoms with Crippen molar-refractivity contribution in [3.63, 3.8) is 0 Å². The van der Waals surface area contributed by atoms with Gasteiger partial charge in [0.25, 0.3) is 5.91 Å². The van der Waals surface area contributed by atoms with Crippen LogP contribution in [-0.4, -0.2) is 53.6 Å². The lowest BCUT2D eigenvalue weighted by Gasteiger charge is -2.44. The molecule has 2 atom stereocenters. The molecule has 0 unspecified atom stereocenters. The molecule has 1 aliphatic rings. The molecule has 0 saturated carbocycles. The number of benzene rings is 1. The summed E-state index contributed by atoms with van der Waals surface area (Å²) in [7, 11) is -4.76. The first-order valence-electron chi connectivity index (χ1n) is 7.08. The molecule has 1 heterocycles. The molecule has 3 amide bonds. The zero-order valence-electron chi connectivity index (χ0n) is 12.8. The highest BCUT2D eigenvalue weighted by Gasteiger charge is 2.53. The molecule has 24 heavy (non-hydrogen) atoms. The number of hydrogen-bond acceptors (Lipinski definition) is 5. The fourth-order valence-corrected chi connectivity index (χ4v) is 3.30. The number of carbonyl (C=O) groups excluding carboxylic acids is 3.